The number of anilines is 2. The van der Waals surface area contributed by atoms with E-state index in [1.54, 1.807) is 0 Å². The first-order valence-corrected chi connectivity index (χ1v) is 6.48. The van der Waals surface area contributed by atoms with Crippen molar-refractivity contribution < 1.29 is 9.84 Å². The minimum atomic E-state index is -0.542. The lowest BCUT2D eigenvalue weighted by Crippen LogP contribution is -2.19. The summed E-state index contributed by atoms with van der Waals surface area (Å²) in [5, 5.41) is 9.45. The standard InChI is InChI=1S/C13H22N2O2S/c1-14(2)10-5-11(15(3)4)7-13(6-10)17-8-12(16)9-18/h5-7,12,16,18H,8-9H2,1-4H3. The monoisotopic (exact) mass is 270 g/mol. The molecule has 18 heavy (non-hydrogen) atoms. The molecular formula is C13H22N2O2S. The molecule has 0 aromatic heterocycles. The van der Waals surface area contributed by atoms with Crippen LogP contribution in [0.25, 0.3) is 0 Å². The van der Waals surface area contributed by atoms with Crippen LogP contribution in [0, 0.1) is 0 Å². The van der Waals surface area contributed by atoms with Crippen LogP contribution in [0.1, 0.15) is 0 Å². The second kappa shape index (κ2) is 6.75. The van der Waals surface area contributed by atoms with Gasteiger partial charge in [-0.25, -0.2) is 0 Å². The van der Waals surface area contributed by atoms with Gasteiger partial charge < -0.3 is 19.6 Å². The van der Waals surface area contributed by atoms with Gasteiger partial charge >= 0.3 is 0 Å². The quantitative estimate of drug-likeness (QED) is 0.768. The maximum Gasteiger partial charge on any atom is 0.123 e. The van der Waals surface area contributed by atoms with Gasteiger partial charge in [0.25, 0.3) is 0 Å². The molecule has 0 heterocycles. The number of hydrogen-bond donors (Lipinski definition) is 2. The SMILES string of the molecule is CN(C)c1cc(OCC(O)CS)cc(N(C)C)c1. The molecule has 0 radical (unpaired) electrons. The molecule has 5 heteroatoms. The fraction of sp³-hybridized carbons (Fsp3) is 0.538. The molecule has 0 spiro atoms. The van der Waals surface area contributed by atoms with Gasteiger partial charge in [0, 0.05) is 57.5 Å². The second-order valence-corrected chi connectivity index (χ2v) is 4.99. The summed E-state index contributed by atoms with van der Waals surface area (Å²) in [5.74, 6) is 1.15. The van der Waals surface area contributed by atoms with E-state index in [0.717, 1.165) is 17.1 Å². The van der Waals surface area contributed by atoms with E-state index in [1.807, 2.05) is 50.1 Å². The summed E-state index contributed by atoms with van der Waals surface area (Å²) in [6, 6.07) is 6.00. The molecule has 1 aromatic carbocycles. The molecule has 0 amide bonds. The van der Waals surface area contributed by atoms with Gasteiger partial charge in [-0.1, -0.05) is 0 Å². The zero-order valence-electron chi connectivity index (χ0n) is 11.4. The van der Waals surface area contributed by atoms with Gasteiger partial charge in [0.1, 0.15) is 12.4 Å². The molecule has 1 aromatic rings. The summed E-state index contributed by atoms with van der Waals surface area (Å²) in [6.07, 6.45) is -0.542. The van der Waals surface area contributed by atoms with Crippen molar-refractivity contribution in [1.82, 2.24) is 0 Å². The molecule has 0 saturated carbocycles. The van der Waals surface area contributed by atoms with Crippen LogP contribution in [0.3, 0.4) is 0 Å². The van der Waals surface area contributed by atoms with E-state index in [4.69, 9.17) is 4.74 Å². The summed E-state index contributed by atoms with van der Waals surface area (Å²) in [4.78, 5) is 4.05. The Morgan fingerprint density at radius 3 is 2.00 bits per heavy atom. The van der Waals surface area contributed by atoms with Crippen molar-refractivity contribution in [3.8, 4) is 5.75 Å². The highest BCUT2D eigenvalue weighted by molar-refractivity contribution is 7.80. The Morgan fingerprint density at radius 2 is 1.61 bits per heavy atom. The zero-order valence-corrected chi connectivity index (χ0v) is 12.3. The Kier molecular flexibility index (Phi) is 5.62. The van der Waals surface area contributed by atoms with Crippen molar-refractivity contribution in [1.29, 1.82) is 0 Å². The van der Waals surface area contributed by atoms with Gasteiger partial charge in [-0.3, -0.25) is 0 Å². The fourth-order valence-corrected chi connectivity index (χ4v) is 1.52. The maximum absolute atomic E-state index is 9.45. The van der Waals surface area contributed by atoms with Crippen LogP contribution in [0.2, 0.25) is 0 Å². The van der Waals surface area contributed by atoms with Gasteiger partial charge in [0.2, 0.25) is 0 Å². The number of aliphatic hydroxyl groups excluding tert-OH is 1. The molecular weight excluding hydrogens is 248 g/mol. The minimum Gasteiger partial charge on any atom is -0.491 e. The molecule has 1 N–H and O–H groups in total. The van der Waals surface area contributed by atoms with Crippen LogP contribution >= 0.6 is 12.6 Å². The van der Waals surface area contributed by atoms with Gasteiger partial charge in [-0.05, 0) is 6.07 Å². The third kappa shape index (κ3) is 4.31. The summed E-state index contributed by atoms with van der Waals surface area (Å²) in [7, 11) is 7.95. The van der Waals surface area contributed by atoms with Crippen molar-refractivity contribution in [2.75, 3.05) is 50.4 Å². The zero-order chi connectivity index (χ0) is 13.7. The van der Waals surface area contributed by atoms with Gasteiger partial charge in [0.05, 0.1) is 6.10 Å². The molecule has 1 rings (SSSR count). The first-order valence-electron chi connectivity index (χ1n) is 5.85. The van der Waals surface area contributed by atoms with E-state index in [1.165, 1.54) is 0 Å². The van der Waals surface area contributed by atoms with Crippen molar-refractivity contribution >= 4 is 24.0 Å². The van der Waals surface area contributed by atoms with E-state index in [0.29, 0.717) is 5.75 Å². The molecule has 1 unspecified atom stereocenters. The number of hydrogen-bond acceptors (Lipinski definition) is 5. The first kappa shape index (κ1) is 15.0. The van der Waals surface area contributed by atoms with Crippen molar-refractivity contribution in [3.05, 3.63) is 18.2 Å². The Morgan fingerprint density at radius 1 is 1.11 bits per heavy atom. The van der Waals surface area contributed by atoms with Crippen molar-refractivity contribution in [2.24, 2.45) is 0 Å². The Bertz CT molecular complexity index is 357. The van der Waals surface area contributed by atoms with Crippen molar-refractivity contribution in [3.63, 3.8) is 0 Å². The fourth-order valence-electron chi connectivity index (χ4n) is 1.41. The van der Waals surface area contributed by atoms with Gasteiger partial charge in [0.15, 0.2) is 0 Å². The highest BCUT2D eigenvalue weighted by atomic mass is 32.1. The first-order chi connectivity index (χ1) is 8.43. The summed E-state index contributed by atoms with van der Waals surface area (Å²) >= 11 is 4.02. The van der Waals surface area contributed by atoms with Crippen molar-refractivity contribution in [2.45, 2.75) is 6.10 Å². The molecule has 0 aliphatic rings. The summed E-state index contributed by atoms with van der Waals surface area (Å²) in [5.41, 5.74) is 2.13. The minimum absolute atomic E-state index is 0.257. The second-order valence-electron chi connectivity index (χ2n) is 4.62. The van der Waals surface area contributed by atoms with Gasteiger partial charge in [-0.15, -0.1) is 0 Å². The third-order valence-electron chi connectivity index (χ3n) is 2.56. The van der Waals surface area contributed by atoms with E-state index in [9.17, 15) is 5.11 Å². The molecule has 4 nitrogen and oxygen atoms in total. The van der Waals surface area contributed by atoms with E-state index in [2.05, 4.69) is 18.7 Å². The predicted molar refractivity (Wildman–Crippen MR) is 80.5 cm³/mol. The molecule has 0 aliphatic carbocycles. The van der Waals surface area contributed by atoms with Crippen LogP contribution in [0.4, 0.5) is 11.4 Å². The number of thiol groups is 1. The van der Waals surface area contributed by atoms with Crippen LogP contribution in [0.5, 0.6) is 5.75 Å². The lowest BCUT2D eigenvalue weighted by molar-refractivity contribution is 0.126. The van der Waals surface area contributed by atoms with E-state index >= 15 is 0 Å². The van der Waals surface area contributed by atoms with Crippen LogP contribution in [-0.2, 0) is 0 Å². The smallest absolute Gasteiger partial charge is 0.123 e. The Balaban J connectivity index is 2.89. The molecule has 0 fully saturated rings. The summed E-state index contributed by atoms with van der Waals surface area (Å²) in [6.45, 7) is 0.257. The lowest BCUT2D eigenvalue weighted by atomic mass is 10.2. The largest absolute Gasteiger partial charge is 0.491 e. The topological polar surface area (TPSA) is 35.9 Å². The number of rotatable bonds is 6. The highest BCUT2D eigenvalue weighted by Gasteiger charge is 2.07. The molecule has 0 aliphatic heterocycles. The Labute approximate surface area is 115 Å². The number of aliphatic hydroxyl groups is 1. The van der Waals surface area contributed by atoms with E-state index < -0.39 is 6.10 Å². The number of ether oxygens (including phenoxy) is 1. The van der Waals surface area contributed by atoms with Crippen LogP contribution < -0.4 is 14.5 Å². The molecule has 102 valence electrons. The number of nitrogens with zero attached hydrogens (tertiary/aromatic N) is 2. The number of benzene rings is 1. The van der Waals surface area contributed by atoms with Gasteiger partial charge in [-0.2, -0.15) is 12.6 Å². The normalized spacial score (nSPS) is 12.1. The summed E-state index contributed by atoms with van der Waals surface area (Å²) < 4.78 is 5.59. The van der Waals surface area contributed by atoms with E-state index in [-0.39, 0.29) is 6.61 Å². The molecule has 1 atom stereocenters. The highest BCUT2D eigenvalue weighted by Crippen LogP contribution is 2.27. The molecule has 0 bridgehead atoms. The Hall–Kier alpha value is -1.07. The average Bonchev–Trinajstić information content (AvgIpc) is 2.35. The molecule has 0 saturated heterocycles. The van der Waals surface area contributed by atoms with Crippen LogP contribution in [0.15, 0.2) is 18.2 Å². The third-order valence-corrected chi connectivity index (χ3v) is 2.98. The predicted octanol–water partition coefficient (Wildman–Crippen LogP) is 1.49. The average molecular weight is 270 g/mol. The lowest BCUT2D eigenvalue weighted by Gasteiger charge is -2.20. The van der Waals surface area contributed by atoms with Crippen LogP contribution in [-0.4, -0.2) is 51.8 Å². The maximum atomic E-state index is 9.45.